The number of epoxide rings is 1. The van der Waals surface area contributed by atoms with E-state index in [1.807, 2.05) is 6.92 Å². The Morgan fingerprint density at radius 2 is 1.26 bits per heavy atom. The molecule has 0 radical (unpaired) electrons. The van der Waals surface area contributed by atoms with Gasteiger partial charge in [0, 0.05) is 40.5 Å². The monoisotopic (exact) mass is 556 g/mol. The molecule has 4 aliphatic rings. The third-order valence-corrected chi connectivity index (χ3v) is 6.78. The van der Waals surface area contributed by atoms with E-state index >= 15 is 0 Å². The number of esters is 5. The number of fused-ring (bicyclic) bond motifs is 3. The van der Waals surface area contributed by atoms with Gasteiger partial charge in [0.05, 0.1) is 18.3 Å². The fraction of sp³-hybridized carbons (Fsp3) is 0.720. The van der Waals surface area contributed by atoms with Crippen LogP contribution in [0.1, 0.15) is 41.5 Å². The van der Waals surface area contributed by atoms with Gasteiger partial charge in [0.15, 0.2) is 18.3 Å². The predicted octanol–water partition coefficient (Wildman–Crippen LogP) is 0.291. The van der Waals surface area contributed by atoms with Crippen LogP contribution in [0.15, 0.2) is 11.8 Å². The van der Waals surface area contributed by atoms with Crippen molar-refractivity contribution in [3.8, 4) is 0 Å². The Kier molecular flexibility index (Phi) is 8.47. The van der Waals surface area contributed by atoms with E-state index in [0.717, 1.165) is 26.3 Å². The number of hydrogen-bond acceptors (Lipinski definition) is 14. The van der Waals surface area contributed by atoms with Gasteiger partial charge in [-0.3, -0.25) is 24.0 Å². The van der Waals surface area contributed by atoms with Crippen LogP contribution in [-0.2, 0) is 66.6 Å². The van der Waals surface area contributed by atoms with E-state index < -0.39 is 85.5 Å². The molecule has 0 aromatic heterocycles. The molecule has 0 N–H and O–H groups in total. The summed E-state index contributed by atoms with van der Waals surface area (Å²) in [7, 11) is 0. The van der Waals surface area contributed by atoms with Crippen LogP contribution >= 0.6 is 0 Å². The van der Waals surface area contributed by atoms with Gasteiger partial charge in [-0.15, -0.1) is 0 Å². The lowest BCUT2D eigenvalue weighted by atomic mass is 9.85. The van der Waals surface area contributed by atoms with Crippen molar-refractivity contribution >= 4 is 29.8 Å². The zero-order chi connectivity index (χ0) is 28.6. The zero-order valence-corrected chi connectivity index (χ0v) is 22.4. The average molecular weight is 557 g/mol. The van der Waals surface area contributed by atoms with E-state index in [9.17, 15) is 24.0 Å². The molecule has 3 aliphatic heterocycles. The molecule has 11 unspecified atom stereocenters. The molecule has 0 bridgehead atoms. The lowest BCUT2D eigenvalue weighted by molar-refractivity contribution is -0.345. The molecule has 3 heterocycles. The summed E-state index contributed by atoms with van der Waals surface area (Å²) >= 11 is 0. The number of hydrogen-bond donors (Lipinski definition) is 0. The van der Waals surface area contributed by atoms with Crippen LogP contribution in [0.5, 0.6) is 0 Å². The Balaban J connectivity index is 1.64. The molecule has 3 fully saturated rings. The van der Waals surface area contributed by atoms with Gasteiger partial charge in [0.1, 0.15) is 24.9 Å². The first-order valence-corrected chi connectivity index (χ1v) is 12.5. The molecule has 1 aliphatic carbocycles. The summed E-state index contributed by atoms with van der Waals surface area (Å²) in [6, 6.07) is 0. The predicted molar refractivity (Wildman–Crippen MR) is 123 cm³/mol. The molecule has 2 saturated heterocycles. The van der Waals surface area contributed by atoms with Gasteiger partial charge < -0.3 is 42.6 Å². The van der Waals surface area contributed by atoms with Crippen molar-refractivity contribution in [3.05, 3.63) is 11.8 Å². The summed E-state index contributed by atoms with van der Waals surface area (Å²) in [5.41, 5.74) is 0.823. The highest BCUT2D eigenvalue weighted by Crippen LogP contribution is 2.55. The van der Waals surface area contributed by atoms with Gasteiger partial charge in [0.25, 0.3) is 0 Å². The minimum absolute atomic E-state index is 0.276. The standard InChI is InChI=1S/C25H32O14/c1-9-7-32-24(17-16(9)19(34-12(4)28)22-20(17)38-22)39-25-23(36-14(6)30)21(35-13(5)29)18(33-11(3)27)15(37-25)8-31-10(2)26/h7,15-25H,8H2,1-6H3. The fourth-order valence-electron chi connectivity index (χ4n) is 5.45. The molecule has 4 rings (SSSR count). The van der Waals surface area contributed by atoms with Crippen LogP contribution < -0.4 is 0 Å². The van der Waals surface area contributed by atoms with E-state index in [4.69, 9.17) is 42.6 Å². The summed E-state index contributed by atoms with van der Waals surface area (Å²) in [5, 5.41) is 0. The topological polar surface area (TPSA) is 172 Å². The summed E-state index contributed by atoms with van der Waals surface area (Å²) in [6.45, 7) is 7.33. The van der Waals surface area contributed by atoms with Crippen molar-refractivity contribution in [3.63, 3.8) is 0 Å². The van der Waals surface area contributed by atoms with Gasteiger partial charge in [-0.05, 0) is 12.5 Å². The van der Waals surface area contributed by atoms with E-state index in [1.54, 1.807) is 0 Å². The van der Waals surface area contributed by atoms with Crippen molar-refractivity contribution in [2.75, 3.05) is 6.61 Å². The minimum atomic E-state index is -1.42. The minimum Gasteiger partial charge on any atom is -0.472 e. The van der Waals surface area contributed by atoms with E-state index in [2.05, 4.69) is 0 Å². The maximum Gasteiger partial charge on any atom is 0.303 e. The number of carbonyl (C=O) groups is 5. The lowest BCUT2D eigenvalue weighted by Gasteiger charge is -2.46. The number of ether oxygens (including phenoxy) is 9. The van der Waals surface area contributed by atoms with E-state index in [1.165, 1.54) is 20.1 Å². The molecule has 0 aromatic rings. The fourth-order valence-corrected chi connectivity index (χ4v) is 5.45. The highest BCUT2D eigenvalue weighted by atomic mass is 16.8. The van der Waals surface area contributed by atoms with Gasteiger partial charge >= 0.3 is 29.8 Å². The Labute approximate surface area is 224 Å². The molecule has 0 amide bonds. The second kappa shape index (κ2) is 11.5. The van der Waals surface area contributed by atoms with Gasteiger partial charge in [-0.2, -0.15) is 0 Å². The molecule has 216 valence electrons. The number of carbonyl (C=O) groups excluding carboxylic acids is 5. The maximum atomic E-state index is 12.1. The third kappa shape index (κ3) is 6.34. The Morgan fingerprint density at radius 1 is 0.692 bits per heavy atom. The van der Waals surface area contributed by atoms with Gasteiger partial charge in [-0.25, -0.2) is 0 Å². The molecular formula is C25H32O14. The number of rotatable bonds is 8. The smallest absolute Gasteiger partial charge is 0.303 e. The van der Waals surface area contributed by atoms with E-state index in [0.29, 0.717) is 0 Å². The first kappa shape index (κ1) is 28.8. The SMILES string of the molecule is CC(=O)OCC1OC(OC2OC=C(C)C3C(OC(C)=O)C4OC4C23)C(OC(C)=O)C(OC(C)=O)C1OC(C)=O. The lowest BCUT2D eigenvalue weighted by Crippen LogP contribution is -2.63. The normalized spacial score (nSPS) is 38.1. The van der Waals surface area contributed by atoms with Gasteiger partial charge in [-0.1, -0.05) is 0 Å². The Morgan fingerprint density at radius 3 is 1.85 bits per heavy atom. The first-order valence-electron chi connectivity index (χ1n) is 12.5. The van der Waals surface area contributed by atoms with Crippen molar-refractivity contribution < 1.29 is 66.6 Å². The summed E-state index contributed by atoms with van der Waals surface area (Å²) in [6.07, 6.45) is -7.44. The highest BCUT2D eigenvalue weighted by Gasteiger charge is 2.68. The zero-order valence-electron chi connectivity index (χ0n) is 22.4. The van der Waals surface area contributed by atoms with Crippen LogP contribution in [0.25, 0.3) is 0 Å². The van der Waals surface area contributed by atoms with E-state index in [-0.39, 0.29) is 18.1 Å². The largest absolute Gasteiger partial charge is 0.472 e. The summed E-state index contributed by atoms with van der Waals surface area (Å²) in [4.78, 5) is 59.3. The quantitative estimate of drug-likeness (QED) is 0.227. The first-order chi connectivity index (χ1) is 18.4. The third-order valence-electron chi connectivity index (χ3n) is 6.78. The summed E-state index contributed by atoms with van der Waals surface area (Å²) < 4.78 is 50.7. The molecule has 14 nitrogen and oxygen atoms in total. The van der Waals surface area contributed by atoms with Crippen molar-refractivity contribution in [2.24, 2.45) is 11.8 Å². The molecule has 0 spiro atoms. The van der Waals surface area contributed by atoms with Crippen LogP contribution in [-0.4, -0.2) is 91.8 Å². The molecule has 11 atom stereocenters. The van der Waals surface area contributed by atoms with Gasteiger partial charge in [0.2, 0.25) is 12.6 Å². The molecule has 1 saturated carbocycles. The maximum absolute atomic E-state index is 12.1. The molecule has 0 aromatic carbocycles. The molecular weight excluding hydrogens is 524 g/mol. The summed E-state index contributed by atoms with van der Waals surface area (Å²) in [5.74, 6) is -4.04. The molecule has 39 heavy (non-hydrogen) atoms. The van der Waals surface area contributed by atoms with Crippen molar-refractivity contribution in [1.29, 1.82) is 0 Å². The average Bonchev–Trinajstić information content (AvgIpc) is 3.54. The van der Waals surface area contributed by atoms with Crippen LogP contribution in [0.4, 0.5) is 0 Å². The van der Waals surface area contributed by atoms with Crippen LogP contribution in [0.3, 0.4) is 0 Å². The second-order valence-electron chi connectivity index (χ2n) is 9.81. The van der Waals surface area contributed by atoms with Crippen LogP contribution in [0, 0.1) is 11.8 Å². The Hall–Kier alpha value is -3.23. The second-order valence-corrected chi connectivity index (χ2v) is 9.81. The highest BCUT2D eigenvalue weighted by molar-refractivity contribution is 5.69. The van der Waals surface area contributed by atoms with Crippen molar-refractivity contribution in [1.82, 2.24) is 0 Å². The molecule has 14 heteroatoms. The Bertz CT molecular complexity index is 1040. The van der Waals surface area contributed by atoms with Crippen molar-refractivity contribution in [2.45, 2.75) is 96.9 Å². The van der Waals surface area contributed by atoms with Crippen LogP contribution in [0.2, 0.25) is 0 Å².